The molecule has 3 heterocycles. The van der Waals surface area contributed by atoms with Crippen LogP contribution in [-0.4, -0.2) is 41.9 Å². The SMILES string of the molecule is COc1ccc2nc(NC(=O)C3CCCN(C(=O)c4ccoc4)C3)sc2c1. The summed E-state index contributed by atoms with van der Waals surface area (Å²) >= 11 is 1.41. The van der Waals surface area contributed by atoms with Crippen LogP contribution in [0.1, 0.15) is 23.2 Å². The highest BCUT2D eigenvalue weighted by molar-refractivity contribution is 7.22. The summed E-state index contributed by atoms with van der Waals surface area (Å²) < 4.78 is 11.2. The second kappa shape index (κ2) is 7.40. The van der Waals surface area contributed by atoms with Crippen LogP contribution in [0.4, 0.5) is 5.13 Å². The number of carbonyl (C=O) groups is 2. The molecule has 0 radical (unpaired) electrons. The topological polar surface area (TPSA) is 84.7 Å². The maximum absolute atomic E-state index is 12.7. The van der Waals surface area contributed by atoms with E-state index in [4.69, 9.17) is 9.15 Å². The van der Waals surface area contributed by atoms with Gasteiger partial charge in [0, 0.05) is 13.1 Å². The Labute approximate surface area is 159 Å². The zero-order valence-electron chi connectivity index (χ0n) is 14.8. The smallest absolute Gasteiger partial charge is 0.257 e. The van der Waals surface area contributed by atoms with E-state index in [1.54, 1.807) is 18.1 Å². The quantitative estimate of drug-likeness (QED) is 0.744. The molecule has 140 valence electrons. The molecular formula is C19H19N3O4S. The van der Waals surface area contributed by atoms with Crippen LogP contribution < -0.4 is 10.1 Å². The highest BCUT2D eigenvalue weighted by Gasteiger charge is 2.29. The number of hydrogen-bond donors (Lipinski definition) is 1. The lowest BCUT2D eigenvalue weighted by atomic mass is 9.97. The summed E-state index contributed by atoms with van der Waals surface area (Å²) in [4.78, 5) is 31.3. The monoisotopic (exact) mass is 385 g/mol. The van der Waals surface area contributed by atoms with E-state index in [1.807, 2.05) is 18.2 Å². The van der Waals surface area contributed by atoms with Crippen molar-refractivity contribution < 1.29 is 18.7 Å². The molecule has 1 N–H and O–H groups in total. The molecule has 27 heavy (non-hydrogen) atoms. The molecule has 1 aliphatic rings. The predicted octanol–water partition coefficient (Wildman–Crippen LogP) is 3.39. The van der Waals surface area contributed by atoms with Crippen molar-refractivity contribution in [2.75, 3.05) is 25.5 Å². The number of rotatable bonds is 4. The van der Waals surface area contributed by atoms with E-state index in [9.17, 15) is 9.59 Å². The Hall–Kier alpha value is -2.87. The first-order chi connectivity index (χ1) is 13.1. The van der Waals surface area contributed by atoms with Gasteiger partial charge in [0.15, 0.2) is 5.13 Å². The van der Waals surface area contributed by atoms with Gasteiger partial charge in [-0.05, 0) is 37.1 Å². The number of furan rings is 1. The van der Waals surface area contributed by atoms with Crippen LogP contribution in [0, 0.1) is 5.92 Å². The van der Waals surface area contributed by atoms with Crippen molar-refractivity contribution in [1.82, 2.24) is 9.88 Å². The van der Waals surface area contributed by atoms with Gasteiger partial charge in [-0.15, -0.1) is 0 Å². The van der Waals surface area contributed by atoms with E-state index in [-0.39, 0.29) is 17.7 Å². The fourth-order valence-electron chi connectivity index (χ4n) is 3.24. The molecule has 1 fully saturated rings. The molecule has 0 bridgehead atoms. The van der Waals surface area contributed by atoms with Crippen molar-refractivity contribution in [2.24, 2.45) is 5.92 Å². The van der Waals surface area contributed by atoms with Crippen LogP contribution in [0.15, 0.2) is 41.2 Å². The van der Waals surface area contributed by atoms with Gasteiger partial charge in [0.05, 0.1) is 35.1 Å². The summed E-state index contributed by atoms with van der Waals surface area (Å²) in [6, 6.07) is 7.25. The predicted molar refractivity (Wildman–Crippen MR) is 102 cm³/mol. The van der Waals surface area contributed by atoms with E-state index in [1.165, 1.54) is 23.9 Å². The Morgan fingerprint density at radius 1 is 1.37 bits per heavy atom. The fourth-order valence-corrected chi connectivity index (χ4v) is 4.13. The first kappa shape index (κ1) is 17.5. The third kappa shape index (κ3) is 3.66. The molecular weight excluding hydrogens is 366 g/mol. The number of nitrogens with zero attached hydrogens (tertiary/aromatic N) is 2. The first-order valence-electron chi connectivity index (χ1n) is 8.71. The Balaban J connectivity index is 1.44. The number of anilines is 1. The summed E-state index contributed by atoms with van der Waals surface area (Å²) in [5, 5.41) is 3.46. The lowest BCUT2D eigenvalue weighted by Crippen LogP contribution is -2.43. The lowest BCUT2D eigenvalue weighted by Gasteiger charge is -2.31. The second-order valence-corrected chi connectivity index (χ2v) is 7.47. The normalized spacial score (nSPS) is 17.1. The largest absolute Gasteiger partial charge is 0.497 e. The number of methoxy groups -OCH3 is 1. The number of likely N-dealkylation sites (tertiary alicyclic amines) is 1. The fraction of sp³-hybridized carbons (Fsp3) is 0.316. The van der Waals surface area contributed by atoms with E-state index in [0.29, 0.717) is 23.8 Å². The van der Waals surface area contributed by atoms with Crippen LogP contribution >= 0.6 is 11.3 Å². The summed E-state index contributed by atoms with van der Waals surface area (Å²) in [5.74, 6) is 0.292. The number of nitrogens with one attached hydrogen (secondary N) is 1. The van der Waals surface area contributed by atoms with E-state index < -0.39 is 0 Å². The van der Waals surface area contributed by atoms with Crippen LogP contribution in [0.3, 0.4) is 0 Å². The Bertz CT molecular complexity index is 967. The molecule has 4 rings (SSSR count). The maximum Gasteiger partial charge on any atom is 0.257 e. The van der Waals surface area contributed by atoms with Gasteiger partial charge in [-0.3, -0.25) is 9.59 Å². The minimum Gasteiger partial charge on any atom is -0.497 e. The standard InChI is InChI=1S/C19H19N3O4S/c1-25-14-4-5-15-16(9-14)27-19(20-15)21-17(23)12-3-2-7-22(10-12)18(24)13-6-8-26-11-13/h4-6,8-9,11-12H,2-3,7,10H2,1H3,(H,20,21,23). The van der Waals surface area contributed by atoms with Gasteiger partial charge in [0.2, 0.25) is 5.91 Å². The van der Waals surface area contributed by atoms with Gasteiger partial charge in [0.25, 0.3) is 5.91 Å². The third-order valence-electron chi connectivity index (χ3n) is 4.67. The number of amides is 2. The van der Waals surface area contributed by atoms with E-state index in [0.717, 1.165) is 28.8 Å². The molecule has 2 aromatic heterocycles. The Kier molecular flexibility index (Phi) is 4.81. The average Bonchev–Trinajstić information content (AvgIpc) is 3.36. The van der Waals surface area contributed by atoms with Crippen molar-refractivity contribution in [1.29, 1.82) is 0 Å². The van der Waals surface area contributed by atoms with Crippen molar-refractivity contribution in [2.45, 2.75) is 12.8 Å². The highest BCUT2D eigenvalue weighted by atomic mass is 32.1. The zero-order valence-corrected chi connectivity index (χ0v) is 15.6. The van der Waals surface area contributed by atoms with Crippen molar-refractivity contribution in [3.8, 4) is 5.75 Å². The van der Waals surface area contributed by atoms with Crippen molar-refractivity contribution in [3.63, 3.8) is 0 Å². The molecule has 3 aromatic rings. The van der Waals surface area contributed by atoms with E-state index in [2.05, 4.69) is 10.3 Å². The van der Waals surface area contributed by atoms with Gasteiger partial charge in [0.1, 0.15) is 12.0 Å². The lowest BCUT2D eigenvalue weighted by molar-refractivity contribution is -0.121. The van der Waals surface area contributed by atoms with Crippen LogP contribution in [0.5, 0.6) is 5.75 Å². The summed E-state index contributed by atoms with van der Waals surface area (Å²) in [5.41, 5.74) is 1.33. The number of benzene rings is 1. The molecule has 0 aliphatic carbocycles. The molecule has 1 aliphatic heterocycles. The van der Waals surface area contributed by atoms with Crippen LogP contribution in [-0.2, 0) is 4.79 Å². The van der Waals surface area contributed by atoms with Gasteiger partial charge in [-0.1, -0.05) is 11.3 Å². The third-order valence-corrected chi connectivity index (χ3v) is 5.61. The molecule has 0 saturated carbocycles. The molecule has 1 unspecified atom stereocenters. The molecule has 0 spiro atoms. The first-order valence-corrected chi connectivity index (χ1v) is 9.52. The summed E-state index contributed by atoms with van der Waals surface area (Å²) in [7, 11) is 1.62. The second-order valence-electron chi connectivity index (χ2n) is 6.44. The number of thiazole rings is 1. The number of piperidine rings is 1. The minimum absolute atomic E-state index is 0.103. The number of aromatic nitrogens is 1. The van der Waals surface area contributed by atoms with Crippen molar-refractivity contribution >= 4 is 38.5 Å². The summed E-state index contributed by atoms with van der Waals surface area (Å²) in [6.07, 6.45) is 4.45. The number of ether oxygens (including phenoxy) is 1. The molecule has 8 heteroatoms. The zero-order chi connectivity index (χ0) is 18.8. The molecule has 1 saturated heterocycles. The van der Waals surface area contributed by atoms with E-state index >= 15 is 0 Å². The molecule has 1 aromatic carbocycles. The average molecular weight is 385 g/mol. The van der Waals surface area contributed by atoms with Gasteiger partial charge in [-0.2, -0.15) is 0 Å². The van der Waals surface area contributed by atoms with Gasteiger partial charge in [-0.25, -0.2) is 4.98 Å². The van der Waals surface area contributed by atoms with Gasteiger partial charge >= 0.3 is 0 Å². The van der Waals surface area contributed by atoms with Gasteiger partial charge < -0.3 is 19.4 Å². The van der Waals surface area contributed by atoms with Crippen LogP contribution in [0.2, 0.25) is 0 Å². The Morgan fingerprint density at radius 2 is 2.26 bits per heavy atom. The minimum atomic E-state index is -0.254. The number of fused-ring (bicyclic) bond motifs is 1. The highest BCUT2D eigenvalue weighted by Crippen LogP contribution is 2.30. The molecule has 7 nitrogen and oxygen atoms in total. The summed E-state index contributed by atoms with van der Waals surface area (Å²) in [6.45, 7) is 1.04. The van der Waals surface area contributed by atoms with Crippen molar-refractivity contribution in [3.05, 3.63) is 42.4 Å². The molecule has 2 amide bonds. The Morgan fingerprint density at radius 3 is 3.04 bits per heavy atom. The number of carbonyl (C=O) groups excluding carboxylic acids is 2. The maximum atomic E-state index is 12.7. The number of hydrogen-bond acceptors (Lipinski definition) is 6. The molecule has 1 atom stereocenters. The van der Waals surface area contributed by atoms with Crippen LogP contribution in [0.25, 0.3) is 10.2 Å².